The standard InChI is InChI=1S/C16H21N3O/c1-3-15-7-6-12(2)19(15)16(20)14-9-13(5-4-8-17)10-18-11-14/h9-12,15H,3,6-8,17H2,1-2H3. The van der Waals surface area contributed by atoms with Crippen molar-refractivity contribution in [3.63, 3.8) is 0 Å². The van der Waals surface area contributed by atoms with Gasteiger partial charge < -0.3 is 10.6 Å². The summed E-state index contributed by atoms with van der Waals surface area (Å²) in [5.41, 5.74) is 6.71. The second-order valence-electron chi connectivity index (χ2n) is 5.17. The highest BCUT2D eigenvalue weighted by Crippen LogP contribution is 2.27. The van der Waals surface area contributed by atoms with Crippen molar-refractivity contribution in [3.8, 4) is 11.8 Å². The Bertz CT molecular complexity index is 544. The first kappa shape index (κ1) is 14.5. The first-order chi connectivity index (χ1) is 9.67. The zero-order valence-corrected chi connectivity index (χ0v) is 12.1. The number of amides is 1. The lowest BCUT2D eigenvalue weighted by Crippen LogP contribution is -2.39. The van der Waals surface area contributed by atoms with Crippen LogP contribution in [0.15, 0.2) is 18.5 Å². The zero-order valence-electron chi connectivity index (χ0n) is 12.1. The van der Waals surface area contributed by atoms with Gasteiger partial charge in [0.2, 0.25) is 0 Å². The van der Waals surface area contributed by atoms with Crippen molar-refractivity contribution in [1.82, 2.24) is 9.88 Å². The maximum absolute atomic E-state index is 12.7. The Morgan fingerprint density at radius 2 is 2.30 bits per heavy atom. The number of nitrogens with two attached hydrogens (primary N) is 1. The molecule has 0 spiro atoms. The van der Waals surface area contributed by atoms with Crippen LogP contribution >= 0.6 is 0 Å². The van der Waals surface area contributed by atoms with E-state index in [0.717, 1.165) is 24.8 Å². The molecule has 1 saturated heterocycles. The van der Waals surface area contributed by atoms with E-state index in [1.54, 1.807) is 18.5 Å². The minimum Gasteiger partial charge on any atom is -0.333 e. The van der Waals surface area contributed by atoms with E-state index < -0.39 is 0 Å². The van der Waals surface area contributed by atoms with Crippen LogP contribution in [0.25, 0.3) is 0 Å². The van der Waals surface area contributed by atoms with Gasteiger partial charge in [-0.05, 0) is 32.3 Å². The first-order valence-electron chi connectivity index (χ1n) is 7.14. The van der Waals surface area contributed by atoms with Crippen LogP contribution in [-0.2, 0) is 0 Å². The maximum atomic E-state index is 12.7. The molecule has 0 bridgehead atoms. The molecule has 2 N–H and O–H groups in total. The summed E-state index contributed by atoms with van der Waals surface area (Å²) in [5.74, 6) is 5.76. The van der Waals surface area contributed by atoms with E-state index >= 15 is 0 Å². The van der Waals surface area contributed by atoms with Crippen LogP contribution in [0.3, 0.4) is 0 Å². The molecular weight excluding hydrogens is 250 g/mol. The zero-order chi connectivity index (χ0) is 14.5. The van der Waals surface area contributed by atoms with Crippen molar-refractivity contribution in [2.45, 2.75) is 45.2 Å². The van der Waals surface area contributed by atoms with Crippen LogP contribution in [-0.4, -0.2) is 34.4 Å². The maximum Gasteiger partial charge on any atom is 0.255 e. The van der Waals surface area contributed by atoms with Crippen molar-refractivity contribution in [2.75, 3.05) is 6.54 Å². The topological polar surface area (TPSA) is 59.2 Å². The minimum absolute atomic E-state index is 0.0609. The predicted molar refractivity (Wildman–Crippen MR) is 79.1 cm³/mol. The molecule has 2 atom stereocenters. The summed E-state index contributed by atoms with van der Waals surface area (Å²) in [6, 6.07) is 2.44. The average Bonchev–Trinajstić information content (AvgIpc) is 2.85. The molecule has 1 amide bonds. The van der Waals surface area contributed by atoms with Gasteiger partial charge in [-0.25, -0.2) is 0 Å². The van der Waals surface area contributed by atoms with Gasteiger partial charge in [0.1, 0.15) is 0 Å². The molecule has 20 heavy (non-hydrogen) atoms. The predicted octanol–water partition coefficient (Wildman–Crippen LogP) is 1.79. The third kappa shape index (κ3) is 3.00. The summed E-state index contributed by atoms with van der Waals surface area (Å²) in [6.07, 6.45) is 6.43. The lowest BCUT2D eigenvalue weighted by molar-refractivity contribution is 0.0676. The van der Waals surface area contributed by atoms with Crippen LogP contribution in [0.2, 0.25) is 0 Å². The summed E-state index contributed by atoms with van der Waals surface area (Å²) in [6.45, 7) is 4.54. The monoisotopic (exact) mass is 271 g/mol. The van der Waals surface area contributed by atoms with Gasteiger partial charge in [0.05, 0.1) is 12.1 Å². The molecule has 2 unspecified atom stereocenters. The van der Waals surface area contributed by atoms with Crippen LogP contribution in [0, 0.1) is 11.8 Å². The van der Waals surface area contributed by atoms with Crippen LogP contribution in [0.4, 0.5) is 0 Å². The van der Waals surface area contributed by atoms with Gasteiger partial charge in [-0.3, -0.25) is 9.78 Å². The van der Waals surface area contributed by atoms with Gasteiger partial charge in [-0.1, -0.05) is 18.8 Å². The number of carbonyl (C=O) groups is 1. The van der Waals surface area contributed by atoms with E-state index in [4.69, 9.17) is 5.73 Å². The Labute approximate surface area is 120 Å². The number of aromatic nitrogens is 1. The fraction of sp³-hybridized carbons (Fsp3) is 0.500. The molecule has 1 aliphatic heterocycles. The Morgan fingerprint density at radius 3 is 3.00 bits per heavy atom. The first-order valence-corrected chi connectivity index (χ1v) is 7.14. The average molecular weight is 271 g/mol. The fourth-order valence-corrected chi connectivity index (χ4v) is 2.77. The molecule has 0 saturated carbocycles. The number of rotatable bonds is 2. The Balaban J connectivity index is 2.24. The Kier molecular flexibility index (Phi) is 4.75. The highest BCUT2D eigenvalue weighted by molar-refractivity contribution is 5.94. The lowest BCUT2D eigenvalue weighted by atomic mass is 10.1. The summed E-state index contributed by atoms with van der Waals surface area (Å²) in [4.78, 5) is 18.8. The van der Waals surface area contributed by atoms with Crippen molar-refractivity contribution in [3.05, 3.63) is 29.6 Å². The third-order valence-electron chi connectivity index (χ3n) is 3.81. The quantitative estimate of drug-likeness (QED) is 0.834. The second-order valence-corrected chi connectivity index (χ2v) is 5.17. The van der Waals surface area contributed by atoms with Gasteiger partial charge in [-0.2, -0.15) is 0 Å². The summed E-state index contributed by atoms with van der Waals surface area (Å²) in [7, 11) is 0. The molecule has 106 valence electrons. The number of carbonyl (C=O) groups excluding carboxylic acids is 1. The van der Waals surface area contributed by atoms with Gasteiger partial charge >= 0.3 is 0 Å². The summed E-state index contributed by atoms with van der Waals surface area (Å²) < 4.78 is 0. The summed E-state index contributed by atoms with van der Waals surface area (Å²) >= 11 is 0. The Morgan fingerprint density at radius 1 is 1.50 bits per heavy atom. The molecule has 2 heterocycles. The highest BCUT2D eigenvalue weighted by atomic mass is 16.2. The molecule has 0 radical (unpaired) electrons. The number of nitrogens with zero attached hydrogens (tertiary/aromatic N) is 2. The SMILES string of the molecule is CCC1CCC(C)N1C(=O)c1cncc(C#CCN)c1. The van der Waals surface area contributed by atoms with Crippen molar-refractivity contribution < 1.29 is 4.79 Å². The van der Waals surface area contributed by atoms with Crippen LogP contribution < -0.4 is 5.73 Å². The van der Waals surface area contributed by atoms with Crippen LogP contribution in [0.5, 0.6) is 0 Å². The molecule has 4 heteroatoms. The number of likely N-dealkylation sites (tertiary alicyclic amines) is 1. The van der Waals surface area contributed by atoms with Gasteiger partial charge in [-0.15, -0.1) is 0 Å². The third-order valence-corrected chi connectivity index (χ3v) is 3.81. The van der Waals surface area contributed by atoms with Gasteiger partial charge in [0.25, 0.3) is 5.91 Å². The minimum atomic E-state index is 0.0609. The molecule has 2 rings (SSSR count). The largest absolute Gasteiger partial charge is 0.333 e. The molecule has 1 aliphatic rings. The van der Waals surface area contributed by atoms with Gasteiger partial charge in [0.15, 0.2) is 0 Å². The van der Waals surface area contributed by atoms with E-state index in [2.05, 4.69) is 30.7 Å². The highest BCUT2D eigenvalue weighted by Gasteiger charge is 2.33. The molecule has 0 aromatic carbocycles. The molecular formula is C16H21N3O. The van der Waals surface area contributed by atoms with Crippen molar-refractivity contribution >= 4 is 5.91 Å². The smallest absolute Gasteiger partial charge is 0.255 e. The van der Waals surface area contributed by atoms with E-state index in [0.29, 0.717) is 24.2 Å². The van der Waals surface area contributed by atoms with Crippen LogP contribution in [0.1, 0.15) is 49.0 Å². The number of hydrogen-bond donors (Lipinski definition) is 1. The molecule has 4 nitrogen and oxygen atoms in total. The molecule has 1 aromatic rings. The fourth-order valence-electron chi connectivity index (χ4n) is 2.77. The van der Waals surface area contributed by atoms with Crippen molar-refractivity contribution in [2.24, 2.45) is 5.73 Å². The normalized spacial score (nSPS) is 21.4. The van der Waals surface area contributed by atoms with E-state index in [1.165, 1.54) is 0 Å². The Hall–Kier alpha value is -1.86. The van der Waals surface area contributed by atoms with E-state index in [1.807, 2.05) is 4.90 Å². The molecule has 0 aliphatic carbocycles. The number of hydrogen-bond acceptors (Lipinski definition) is 3. The summed E-state index contributed by atoms with van der Waals surface area (Å²) in [5, 5.41) is 0. The molecule has 1 aromatic heterocycles. The van der Waals surface area contributed by atoms with E-state index in [9.17, 15) is 4.79 Å². The molecule has 1 fully saturated rings. The van der Waals surface area contributed by atoms with Crippen molar-refractivity contribution in [1.29, 1.82) is 0 Å². The second kappa shape index (κ2) is 6.53. The van der Waals surface area contributed by atoms with E-state index in [-0.39, 0.29) is 5.91 Å². The van der Waals surface area contributed by atoms with Gasteiger partial charge in [0, 0.05) is 30.0 Å². The number of pyridine rings is 1. The lowest BCUT2D eigenvalue weighted by Gasteiger charge is -2.28.